The lowest BCUT2D eigenvalue weighted by Crippen LogP contribution is -1.94. The van der Waals surface area contributed by atoms with Crippen molar-refractivity contribution in [3.8, 4) is 0 Å². The summed E-state index contributed by atoms with van der Waals surface area (Å²) >= 11 is 0. The monoisotopic (exact) mass is 204 g/mol. The van der Waals surface area contributed by atoms with Gasteiger partial charge in [0.2, 0.25) is 0 Å². The van der Waals surface area contributed by atoms with Crippen molar-refractivity contribution in [1.29, 1.82) is 0 Å². The zero-order valence-corrected chi connectivity index (χ0v) is 10.5. The molecule has 84 valence electrons. The number of rotatable bonds is 4. The average Bonchev–Trinajstić information content (AvgIpc) is 2.65. The van der Waals surface area contributed by atoms with Crippen LogP contribution in [-0.2, 0) is 0 Å². The maximum Gasteiger partial charge on any atom is -0.0285 e. The summed E-state index contributed by atoms with van der Waals surface area (Å²) in [4.78, 5) is 0. The van der Waals surface area contributed by atoms with Crippen molar-refractivity contribution < 1.29 is 0 Å². The van der Waals surface area contributed by atoms with Gasteiger partial charge in [-0.15, -0.1) is 0 Å². The minimum Gasteiger partial charge on any atom is -0.0999 e. The van der Waals surface area contributed by atoms with Gasteiger partial charge in [-0.05, 0) is 51.9 Å². The second-order valence-electron chi connectivity index (χ2n) is 4.75. The SMILES string of the molecule is C=C(CC)CC1CC/C(=C/C(C)=C\C)C1. The van der Waals surface area contributed by atoms with Gasteiger partial charge in [-0.2, -0.15) is 0 Å². The molecular weight excluding hydrogens is 180 g/mol. The van der Waals surface area contributed by atoms with Gasteiger partial charge in [-0.25, -0.2) is 0 Å². The molecule has 0 radical (unpaired) electrons. The highest BCUT2D eigenvalue weighted by molar-refractivity contribution is 5.23. The zero-order valence-electron chi connectivity index (χ0n) is 10.5. The number of allylic oxidation sites excluding steroid dienone is 5. The molecule has 0 amide bonds. The van der Waals surface area contributed by atoms with Gasteiger partial charge in [0.1, 0.15) is 0 Å². The molecule has 0 heteroatoms. The normalized spacial score (nSPS) is 24.9. The predicted molar refractivity (Wildman–Crippen MR) is 68.9 cm³/mol. The van der Waals surface area contributed by atoms with Gasteiger partial charge < -0.3 is 0 Å². The Hall–Kier alpha value is -0.780. The van der Waals surface area contributed by atoms with E-state index in [2.05, 4.69) is 39.5 Å². The number of hydrogen-bond donors (Lipinski definition) is 0. The highest BCUT2D eigenvalue weighted by atomic mass is 14.2. The van der Waals surface area contributed by atoms with Crippen molar-refractivity contribution in [2.75, 3.05) is 0 Å². The summed E-state index contributed by atoms with van der Waals surface area (Å²) in [5.74, 6) is 0.869. The third kappa shape index (κ3) is 4.07. The summed E-state index contributed by atoms with van der Waals surface area (Å²) in [6.45, 7) is 10.6. The Morgan fingerprint density at radius 3 is 2.87 bits per heavy atom. The van der Waals surface area contributed by atoms with E-state index in [1.165, 1.54) is 36.8 Å². The molecule has 15 heavy (non-hydrogen) atoms. The van der Waals surface area contributed by atoms with Gasteiger partial charge >= 0.3 is 0 Å². The molecule has 0 nitrogen and oxygen atoms in total. The fraction of sp³-hybridized carbons (Fsp3) is 0.600. The molecule has 1 unspecified atom stereocenters. The number of hydrogen-bond acceptors (Lipinski definition) is 0. The summed E-state index contributed by atoms with van der Waals surface area (Å²) in [5.41, 5.74) is 4.46. The summed E-state index contributed by atoms with van der Waals surface area (Å²) in [7, 11) is 0. The van der Waals surface area contributed by atoms with Crippen LogP contribution in [0.5, 0.6) is 0 Å². The average molecular weight is 204 g/mol. The summed E-state index contributed by atoms with van der Waals surface area (Å²) in [6.07, 6.45) is 10.9. The first-order chi connectivity index (χ1) is 7.15. The Labute approximate surface area is 94.8 Å². The van der Waals surface area contributed by atoms with Gasteiger partial charge in [0.15, 0.2) is 0 Å². The van der Waals surface area contributed by atoms with Crippen molar-refractivity contribution in [2.45, 2.75) is 52.9 Å². The molecule has 0 bridgehead atoms. The molecule has 0 aromatic carbocycles. The molecule has 1 aliphatic rings. The Kier molecular flexibility index (Phi) is 4.87. The van der Waals surface area contributed by atoms with Crippen LogP contribution in [0.1, 0.15) is 52.9 Å². The molecule has 0 saturated heterocycles. The minimum atomic E-state index is 0.869. The lowest BCUT2D eigenvalue weighted by Gasteiger charge is -2.09. The summed E-state index contributed by atoms with van der Waals surface area (Å²) in [5, 5.41) is 0. The molecule has 0 aromatic rings. The first-order valence-electron chi connectivity index (χ1n) is 6.14. The second kappa shape index (κ2) is 5.95. The van der Waals surface area contributed by atoms with Crippen molar-refractivity contribution >= 4 is 0 Å². The maximum atomic E-state index is 4.11. The van der Waals surface area contributed by atoms with Crippen LogP contribution in [-0.4, -0.2) is 0 Å². The lowest BCUT2D eigenvalue weighted by atomic mass is 9.97. The highest BCUT2D eigenvalue weighted by Crippen LogP contribution is 2.35. The van der Waals surface area contributed by atoms with Gasteiger partial charge in [0, 0.05) is 0 Å². The predicted octanol–water partition coefficient (Wildman–Crippen LogP) is 5.04. The molecule has 1 saturated carbocycles. The Morgan fingerprint density at radius 2 is 2.27 bits per heavy atom. The van der Waals surface area contributed by atoms with E-state index in [0.29, 0.717) is 0 Å². The van der Waals surface area contributed by atoms with E-state index in [1.807, 2.05) is 0 Å². The molecule has 0 N–H and O–H groups in total. The van der Waals surface area contributed by atoms with Gasteiger partial charge in [-0.1, -0.05) is 42.4 Å². The van der Waals surface area contributed by atoms with Crippen LogP contribution in [0.2, 0.25) is 0 Å². The molecule has 1 atom stereocenters. The molecular formula is C15H24. The van der Waals surface area contributed by atoms with Gasteiger partial charge in [0.05, 0.1) is 0 Å². The molecule has 1 rings (SSSR count). The van der Waals surface area contributed by atoms with E-state index in [9.17, 15) is 0 Å². The standard InChI is InChI=1S/C15H24/c1-5-12(3)9-14-7-8-15(11-14)10-13(4)6-2/h6,10,14H,3,5,7-9,11H2,1-2,4H3/b13-6-,15-10-. The molecule has 0 heterocycles. The molecule has 0 aromatic heterocycles. The first-order valence-corrected chi connectivity index (χ1v) is 6.14. The molecule has 0 spiro atoms. The van der Waals surface area contributed by atoms with Crippen molar-refractivity contribution in [1.82, 2.24) is 0 Å². The topological polar surface area (TPSA) is 0 Å². The second-order valence-corrected chi connectivity index (χ2v) is 4.75. The van der Waals surface area contributed by atoms with E-state index < -0.39 is 0 Å². The molecule has 0 aliphatic heterocycles. The Balaban J connectivity index is 2.45. The van der Waals surface area contributed by atoms with Crippen LogP contribution < -0.4 is 0 Å². The lowest BCUT2D eigenvalue weighted by molar-refractivity contribution is 0.545. The minimum absolute atomic E-state index is 0.869. The van der Waals surface area contributed by atoms with Crippen LogP contribution in [0.15, 0.2) is 35.5 Å². The quantitative estimate of drug-likeness (QED) is 0.563. The van der Waals surface area contributed by atoms with Gasteiger partial charge in [0.25, 0.3) is 0 Å². The van der Waals surface area contributed by atoms with E-state index >= 15 is 0 Å². The summed E-state index contributed by atoms with van der Waals surface area (Å²) in [6, 6.07) is 0. The van der Waals surface area contributed by atoms with Gasteiger partial charge in [-0.3, -0.25) is 0 Å². The van der Waals surface area contributed by atoms with E-state index in [-0.39, 0.29) is 0 Å². The summed E-state index contributed by atoms with van der Waals surface area (Å²) < 4.78 is 0. The third-order valence-corrected chi connectivity index (χ3v) is 3.39. The van der Waals surface area contributed by atoms with Crippen molar-refractivity contribution in [3.63, 3.8) is 0 Å². The molecule has 1 fully saturated rings. The van der Waals surface area contributed by atoms with Crippen molar-refractivity contribution in [2.24, 2.45) is 5.92 Å². The van der Waals surface area contributed by atoms with E-state index in [1.54, 1.807) is 5.57 Å². The first kappa shape index (κ1) is 12.3. The fourth-order valence-corrected chi connectivity index (χ4v) is 2.23. The largest absolute Gasteiger partial charge is 0.0999 e. The zero-order chi connectivity index (χ0) is 11.3. The molecule has 1 aliphatic carbocycles. The van der Waals surface area contributed by atoms with Crippen LogP contribution in [0, 0.1) is 5.92 Å². The van der Waals surface area contributed by atoms with Crippen LogP contribution >= 0.6 is 0 Å². The fourth-order valence-electron chi connectivity index (χ4n) is 2.23. The highest BCUT2D eigenvalue weighted by Gasteiger charge is 2.19. The van der Waals surface area contributed by atoms with Crippen LogP contribution in [0.25, 0.3) is 0 Å². The smallest absolute Gasteiger partial charge is 0.0285 e. The Bertz CT molecular complexity index is 278. The van der Waals surface area contributed by atoms with Crippen LogP contribution in [0.3, 0.4) is 0 Å². The maximum absolute atomic E-state index is 4.11. The third-order valence-electron chi connectivity index (χ3n) is 3.39. The van der Waals surface area contributed by atoms with Crippen LogP contribution in [0.4, 0.5) is 0 Å². The van der Waals surface area contributed by atoms with E-state index in [0.717, 1.165) is 12.3 Å². The van der Waals surface area contributed by atoms with E-state index in [4.69, 9.17) is 0 Å². The Morgan fingerprint density at radius 1 is 1.53 bits per heavy atom. The van der Waals surface area contributed by atoms with Crippen molar-refractivity contribution in [3.05, 3.63) is 35.5 Å².